The summed E-state index contributed by atoms with van der Waals surface area (Å²) >= 11 is 0. The minimum Gasteiger partial charge on any atom is -0.383 e. The molecule has 1 atom stereocenters. The Kier molecular flexibility index (Phi) is 5.72. The van der Waals surface area contributed by atoms with Gasteiger partial charge in [0.2, 0.25) is 5.91 Å². The van der Waals surface area contributed by atoms with Crippen LogP contribution in [0.2, 0.25) is 0 Å². The van der Waals surface area contributed by atoms with Crippen molar-refractivity contribution in [2.75, 3.05) is 20.8 Å². The Hall–Kier alpha value is -0.570. The lowest BCUT2D eigenvalue weighted by Gasteiger charge is -2.24. The normalized spacial score (nSPS) is 12.7. The van der Waals surface area contributed by atoms with E-state index in [1.54, 1.807) is 12.0 Å². The molecule has 0 heterocycles. The van der Waals surface area contributed by atoms with Gasteiger partial charge in [0.15, 0.2) is 0 Å². The largest absolute Gasteiger partial charge is 0.383 e. The average Bonchev–Trinajstić information content (AvgIpc) is 2.04. The number of hydrogen-bond donors (Lipinski definition) is 0. The van der Waals surface area contributed by atoms with Crippen LogP contribution in [0.4, 0.5) is 0 Å². The van der Waals surface area contributed by atoms with Gasteiger partial charge in [-0.3, -0.25) is 4.79 Å². The smallest absolute Gasteiger partial charge is 0.222 e. The van der Waals surface area contributed by atoms with Gasteiger partial charge in [-0.1, -0.05) is 6.92 Å². The highest BCUT2D eigenvalue weighted by Crippen LogP contribution is 2.00. The standard InChI is InChI=1S/C9H19NO2/c1-5-6-9(11)10(3)8(2)7-12-4/h8H,5-7H2,1-4H3. The van der Waals surface area contributed by atoms with Crippen molar-refractivity contribution in [3.05, 3.63) is 0 Å². The van der Waals surface area contributed by atoms with E-state index < -0.39 is 0 Å². The summed E-state index contributed by atoms with van der Waals surface area (Å²) in [5, 5.41) is 0. The molecule has 0 aromatic rings. The first kappa shape index (κ1) is 11.4. The Balaban J connectivity index is 3.82. The minimum atomic E-state index is 0.175. The molecule has 0 radical (unpaired) electrons. The van der Waals surface area contributed by atoms with Crippen molar-refractivity contribution in [2.45, 2.75) is 32.7 Å². The van der Waals surface area contributed by atoms with Crippen molar-refractivity contribution in [1.82, 2.24) is 4.90 Å². The van der Waals surface area contributed by atoms with Crippen molar-refractivity contribution >= 4 is 5.91 Å². The van der Waals surface area contributed by atoms with Gasteiger partial charge >= 0.3 is 0 Å². The molecule has 0 rings (SSSR count). The van der Waals surface area contributed by atoms with Crippen LogP contribution in [0.15, 0.2) is 0 Å². The highest BCUT2D eigenvalue weighted by atomic mass is 16.5. The van der Waals surface area contributed by atoms with Crippen LogP contribution in [-0.4, -0.2) is 37.6 Å². The first-order chi connectivity index (χ1) is 5.63. The number of nitrogens with zero attached hydrogens (tertiary/aromatic N) is 1. The molecular weight excluding hydrogens is 154 g/mol. The number of carbonyl (C=O) groups excluding carboxylic acids is 1. The molecule has 0 aromatic heterocycles. The van der Waals surface area contributed by atoms with Gasteiger partial charge < -0.3 is 9.64 Å². The van der Waals surface area contributed by atoms with Gasteiger partial charge in [0.05, 0.1) is 12.6 Å². The lowest BCUT2D eigenvalue weighted by Crippen LogP contribution is -2.37. The zero-order chi connectivity index (χ0) is 9.56. The maximum absolute atomic E-state index is 11.3. The highest BCUT2D eigenvalue weighted by molar-refractivity contribution is 5.76. The molecule has 1 unspecified atom stereocenters. The third-order valence-corrected chi connectivity index (χ3v) is 1.93. The fraction of sp³-hybridized carbons (Fsp3) is 0.889. The predicted molar refractivity (Wildman–Crippen MR) is 49.0 cm³/mol. The Morgan fingerprint density at radius 3 is 2.58 bits per heavy atom. The first-order valence-corrected chi connectivity index (χ1v) is 4.38. The van der Waals surface area contributed by atoms with Crippen LogP contribution >= 0.6 is 0 Å². The van der Waals surface area contributed by atoms with E-state index in [2.05, 4.69) is 0 Å². The fourth-order valence-corrected chi connectivity index (χ4v) is 0.989. The summed E-state index contributed by atoms with van der Waals surface area (Å²) in [6, 6.07) is 0.175. The summed E-state index contributed by atoms with van der Waals surface area (Å²) in [6.45, 7) is 4.59. The third kappa shape index (κ3) is 3.72. The molecule has 0 N–H and O–H groups in total. The zero-order valence-corrected chi connectivity index (χ0v) is 8.46. The van der Waals surface area contributed by atoms with E-state index in [-0.39, 0.29) is 11.9 Å². The Labute approximate surface area is 74.7 Å². The molecule has 0 saturated heterocycles. The van der Waals surface area contributed by atoms with Crippen molar-refractivity contribution in [2.24, 2.45) is 0 Å². The molecule has 0 aliphatic rings. The second kappa shape index (κ2) is 6.00. The fourth-order valence-electron chi connectivity index (χ4n) is 0.989. The molecule has 0 saturated carbocycles. The topological polar surface area (TPSA) is 29.5 Å². The van der Waals surface area contributed by atoms with Gasteiger partial charge in [-0.05, 0) is 13.3 Å². The predicted octanol–water partition coefficient (Wildman–Crippen LogP) is 1.28. The number of likely N-dealkylation sites (N-methyl/N-ethyl adjacent to an activating group) is 1. The molecule has 72 valence electrons. The van der Waals surface area contributed by atoms with E-state index in [9.17, 15) is 4.79 Å². The maximum atomic E-state index is 11.3. The molecule has 3 heteroatoms. The van der Waals surface area contributed by atoms with Gasteiger partial charge in [-0.15, -0.1) is 0 Å². The van der Waals surface area contributed by atoms with Crippen LogP contribution < -0.4 is 0 Å². The Morgan fingerprint density at radius 2 is 2.17 bits per heavy atom. The summed E-state index contributed by atoms with van der Waals surface area (Å²) in [4.78, 5) is 13.1. The Morgan fingerprint density at radius 1 is 1.58 bits per heavy atom. The zero-order valence-electron chi connectivity index (χ0n) is 8.46. The summed E-state index contributed by atoms with van der Waals surface area (Å²) in [6.07, 6.45) is 1.54. The molecule has 0 aliphatic carbocycles. The lowest BCUT2D eigenvalue weighted by molar-refractivity contribution is -0.132. The molecule has 3 nitrogen and oxygen atoms in total. The highest BCUT2D eigenvalue weighted by Gasteiger charge is 2.13. The van der Waals surface area contributed by atoms with E-state index in [0.717, 1.165) is 6.42 Å². The summed E-state index contributed by atoms with van der Waals surface area (Å²) in [7, 11) is 3.47. The van der Waals surface area contributed by atoms with Crippen LogP contribution in [0, 0.1) is 0 Å². The molecular formula is C9H19NO2. The van der Waals surface area contributed by atoms with Crippen LogP contribution in [0.1, 0.15) is 26.7 Å². The van der Waals surface area contributed by atoms with E-state index in [4.69, 9.17) is 4.74 Å². The summed E-state index contributed by atoms with van der Waals surface area (Å²) in [5.41, 5.74) is 0. The van der Waals surface area contributed by atoms with Gasteiger partial charge in [0.1, 0.15) is 0 Å². The number of rotatable bonds is 5. The molecule has 0 bridgehead atoms. The van der Waals surface area contributed by atoms with Crippen LogP contribution in [0.5, 0.6) is 0 Å². The van der Waals surface area contributed by atoms with Gasteiger partial charge in [-0.25, -0.2) is 0 Å². The number of hydrogen-bond acceptors (Lipinski definition) is 2. The molecule has 0 spiro atoms. The van der Waals surface area contributed by atoms with Crippen molar-refractivity contribution in [1.29, 1.82) is 0 Å². The number of methoxy groups -OCH3 is 1. The second-order valence-corrected chi connectivity index (χ2v) is 3.06. The second-order valence-electron chi connectivity index (χ2n) is 3.06. The lowest BCUT2D eigenvalue weighted by atomic mass is 10.2. The van der Waals surface area contributed by atoms with Crippen molar-refractivity contribution < 1.29 is 9.53 Å². The van der Waals surface area contributed by atoms with Gasteiger partial charge in [0.25, 0.3) is 0 Å². The Bertz CT molecular complexity index is 136. The molecule has 0 fully saturated rings. The number of carbonyl (C=O) groups is 1. The number of amides is 1. The molecule has 12 heavy (non-hydrogen) atoms. The molecule has 0 aliphatic heterocycles. The van der Waals surface area contributed by atoms with Crippen LogP contribution in [0.25, 0.3) is 0 Å². The van der Waals surface area contributed by atoms with E-state index >= 15 is 0 Å². The van der Waals surface area contributed by atoms with Gasteiger partial charge in [0, 0.05) is 20.6 Å². The maximum Gasteiger partial charge on any atom is 0.222 e. The van der Waals surface area contributed by atoms with Gasteiger partial charge in [-0.2, -0.15) is 0 Å². The summed E-state index contributed by atoms with van der Waals surface area (Å²) < 4.78 is 4.96. The quantitative estimate of drug-likeness (QED) is 0.626. The van der Waals surface area contributed by atoms with Crippen LogP contribution in [-0.2, 0) is 9.53 Å². The molecule has 1 amide bonds. The van der Waals surface area contributed by atoms with E-state index in [1.165, 1.54) is 0 Å². The van der Waals surface area contributed by atoms with E-state index in [1.807, 2.05) is 20.9 Å². The van der Waals surface area contributed by atoms with Crippen LogP contribution in [0.3, 0.4) is 0 Å². The SMILES string of the molecule is CCCC(=O)N(C)C(C)COC. The first-order valence-electron chi connectivity index (χ1n) is 4.38. The average molecular weight is 173 g/mol. The van der Waals surface area contributed by atoms with Crippen molar-refractivity contribution in [3.63, 3.8) is 0 Å². The summed E-state index contributed by atoms with van der Waals surface area (Å²) in [5.74, 6) is 0.196. The van der Waals surface area contributed by atoms with Crippen molar-refractivity contribution in [3.8, 4) is 0 Å². The third-order valence-electron chi connectivity index (χ3n) is 1.93. The number of ether oxygens (including phenoxy) is 1. The molecule has 0 aromatic carbocycles. The monoisotopic (exact) mass is 173 g/mol. The van der Waals surface area contributed by atoms with E-state index in [0.29, 0.717) is 13.0 Å². The minimum absolute atomic E-state index is 0.175.